The van der Waals surface area contributed by atoms with Crippen molar-refractivity contribution in [2.45, 2.75) is 19.3 Å². The molecule has 1 aliphatic rings. The molecule has 1 heterocycles. The van der Waals surface area contributed by atoms with Gasteiger partial charge in [-0.25, -0.2) is 12.8 Å². The summed E-state index contributed by atoms with van der Waals surface area (Å²) < 4.78 is 41.5. The van der Waals surface area contributed by atoms with E-state index < -0.39 is 9.84 Å². The minimum atomic E-state index is -2.92. The number of hydrogen-bond donors (Lipinski definition) is 1. The van der Waals surface area contributed by atoms with Gasteiger partial charge in [0.15, 0.2) is 9.84 Å². The van der Waals surface area contributed by atoms with Crippen molar-refractivity contribution < 1.29 is 22.3 Å². The van der Waals surface area contributed by atoms with E-state index in [1.54, 1.807) is 18.2 Å². The summed E-state index contributed by atoms with van der Waals surface area (Å²) in [5.74, 6) is 1.14. The number of carbonyl (C=O) groups excluding carboxylic acids is 1. The van der Waals surface area contributed by atoms with Gasteiger partial charge in [-0.2, -0.15) is 0 Å². The Kier molecular flexibility index (Phi) is 6.11. The molecule has 3 rings (SSSR count). The minimum absolute atomic E-state index is 0.0198. The lowest BCUT2D eigenvalue weighted by Crippen LogP contribution is -2.29. The molecule has 2 aromatic rings. The Morgan fingerprint density at radius 3 is 2.63 bits per heavy atom. The minimum Gasteiger partial charge on any atom is -0.457 e. The van der Waals surface area contributed by atoms with E-state index in [1.807, 2.05) is 18.2 Å². The lowest BCUT2D eigenvalue weighted by Gasteiger charge is -2.10. The Morgan fingerprint density at radius 1 is 1.15 bits per heavy atom. The number of nitrogens with one attached hydrogen (secondary N) is 1. The van der Waals surface area contributed by atoms with Crippen LogP contribution in [-0.2, 0) is 21.1 Å². The average Bonchev–Trinajstić information content (AvgIpc) is 2.99. The number of carbonyl (C=O) groups is 1. The molecule has 5 nitrogen and oxygen atoms in total. The number of benzene rings is 2. The van der Waals surface area contributed by atoms with Gasteiger partial charge in [-0.1, -0.05) is 12.1 Å². The van der Waals surface area contributed by atoms with Gasteiger partial charge in [0.25, 0.3) is 0 Å². The highest BCUT2D eigenvalue weighted by molar-refractivity contribution is 7.91. The molecule has 0 radical (unpaired) electrons. The molecule has 144 valence electrons. The van der Waals surface area contributed by atoms with Crippen LogP contribution in [0.4, 0.5) is 4.39 Å². The van der Waals surface area contributed by atoms with E-state index in [4.69, 9.17) is 4.74 Å². The first-order valence-corrected chi connectivity index (χ1v) is 10.7. The molecule has 1 atom stereocenters. The second-order valence-electron chi connectivity index (χ2n) is 6.78. The van der Waals surface area contributed by atoms with Crippen molar-refractivity contribution in [2.24, 2.45) is 5.92 Å². The van der Waals surface area contributed by atoms with Gasteiger partial charge in [-0.05, 0) is 60.7 Å². The molecular formula is C20H22FNO4S. The lowest BCUT2D eigenvalue weighted by molar-refractivity contribution is -0.121. The number of aryl methyl sites for hydroxylation is 1. The van der Waals surface area contributed by atoms with Crippen LogP contribution < -0.4 is 10.1 Å². The van der Waals surface area contributed by atoms with Crippen LogP contribution in [0.1, 0.15) is 18.4 Å². The van der Waals surface area contributed by atoms with E-state index in [9.17, 15) is 17.6 Å². The van der Waals surface area contributed by atoms with Crippen molar-refractivity contribution in [2.75, 3.05) is 18.1 Å². The molecule has 7 heteroatoms. The Morgan fingerprint density at radius 2 is 1.93 bits per heavy atom. The predicted octanol–water partition coefficient (Wildman–Crippen LogP) is 3.10. The summed E-state index contributed by atoms with van der Waals surface area (Å²) in [5, 5.41) is 2.82. The van der Waals surface area contributed by atoms with E-state index in [1.165, 1.54) is 12.1 Å². The maximum Gasteiger partial charge on any atom is 0.220 e. The molecule has 0 saturated carbocycles. The zero-order valence-electron chi connectivity index (χ0n) is 14.9. The molecule has 1 amide bonds. The monoisotopic (exact) mass is 391 g/mol. The first kappa shape index (κ1) is 19.4. The molecule has 1 aliphatic heterocycles. The fourth-order valence-corrected chi connectivity index (χ4v) is 4.90. The van der Waals surface area contributed by atoms with E-state index in [-0.39, 0.29) is 29.1 Å². The molecule has 1 saturated heterocycles. The Labute approximate surface area is 158 Å². The average molecular weight is 391 g/mol. The standard InChI is InChI=1S/C20H22FNO4S/c21-17-5-7-18(8-6-17)26-19-3-1-2-15(12-19)4-9-20(23)22-13-16-10-11-27(24,25)14-16/h1-3,5-8,12,16H,4,9-11,13-14H2,(H,22,23). The molecule has 1 unspecified atom stereocenters. The van der Waals surface area contributed by atoms with Crippen LogP contribution in [0.3, 0.4) is 0 Å². The highest BCUT2D eigenvalue weighted by Crippen LogP contribution is 2.23. The third kappa shape index (κ3) is 6.06. The van der Waals surface area contributed by atoms with Gasteiger partial charge >= 0.3 is 0 Å². The molecule has 0 aliphatic carbocycles. The zero-order valence-corrected chi connectivity index (χ0v) is 15.7. The number of rotatable bonds is 7. The fraction of sp³-hybridized carbons (Fsp3) is 0.350. The molecule has 1 fully saturated rings. The highest BCUT2D eigenvalue weighted by atomic mass is 32.2. The normalized spacial score (nSPS) is 18.2. The first-order chi connectivity index (χ1) is 12.9. The van der Waals surface area contributed by atoms with Crippen molar-refractivity contribution in [3.8, 4) is 11.5 Å². The van der Waals surface area contributed by atoms with Gasteiger partial charge in [0.1, 0.15) is 17.3 Å². The summed E-state index contributed by atoms with van der Waals surface area (Å²) in [6.07, 6.45) is 1.49. The molecule has 0 bridgehead atoms. The Bertz CT molecular complexity index is 896. The quantitative estimate of drug-likeness (QED) is 0.787. The van der Waals surface area contributed by atoms with Crippen molar-refractivity contribution in [3.05, 3.63) is 59.9 Å². The third-order valence-electron chi connectivity index (χ3n) is 4.50. The van der Waals surface area contributed by atoms with E-state index in [2.05, 4.69) is 5.32 Å². The molecule has 1 N–H and O–H groups in total. The topological polar surface area (TPSA) is 72.5 Å². The van der Waals surface area contributed by atoms with Gasteiger partial charge in [0, 0.05) is 13.0 Å². The summed E-state index contributed by atoms with van der Waals surface area (Å²) in [7, 11) is -2.92. The van der Waals surface area contributed by atoms with Crippen LogP contribution in [0.2, 0.25) is 0 Å². The number of ether oxygens (including phenoxy) is 1. The van der Waals surface area contributed by atoms with E-state index >= 15 is 0 Å². The van der Waals surface area contributed by atoms with Crippen LogP contribution in [0.25, 0.3) is 0 Å². The number of halogens is 1. The highest BCUT2D eigenvalue weighted by Gasteiger charge is 2.27. The van der Waals surface area contributed by atoms with Gasteiger partial charge in [-0.15, -0.1) is 0 Å². The first-order valence-electron chi connectivity index (χ1n) is 8.89. The van der Waals surface area contributed by atoms with Crippen LogP contribution in [0.15, 0.2) is 48.5 Å². The summed E-state index contributed by atoms with van der Waals surface area (Å²) in [6, 6.07) is 13.2. The summed E-state index contributed by atoms with van der Waals surface area (Å²) in [4.78, 5) is 12.0. The van der Waals surface area contributed by atoms with Crippen LogP contribution in [-0.4, -0.2) is 32.4 Å². The largest absolute Gasteiger partial charge is 0.457 e. The van der Waals surface area contributed by atoms with Crippen molar-refractivity contribution in [1.29, 1.82) is 0 Å². The smallest absolute Gasteiger partial charge is 0.220 e. The van der Waals surface area contributed by atoms with Crippen LogP contribution in [0, 0.1) is 11.7 Å². The zero-order chi connectivity index (χ0) is 19.3. The fourth-order valence-electron chi connectivity index (χ4n) is 3.04. The van der Waals surface area contributed by atoms with Crippen molar-refractivity contribution >= 4 is 15.7 Å². The number of hydrogen-bond acceptors (Lipinski definition) is 4. The maximum absolute atomic E-state index is 12.9. The second kappa shape index (κ2) is 8.52. The van der Waals surface area contributed by atoms with Crippen LogP contribution >= 0.6 is 0 Å². The van der Waals surface area contributed by atoms with Gasteiger partial charge in [0.2, 0.25) is 5.91 Å². The summed E-state index contributed by atoms with van der Waals surface area (Å²) >= 11 is 0. The van der Waals surface area contributed by atoms with Crippen LogP contribution in [0.5, 0.6) is 11.5 Å². The van der Waals surface area contributed by atoms with Gasteiger partial charge < -0.3 is 10.1 Å². The Hall–Kier alpha value is -2.41. The molecule has 0 spiro atoms. The second-order valence-corrected chi connectivity index (χ2v) is 9.01. The summed E-state index contributed by atoms with van der Waals surface area (Å²) in [6.45, 7) is 0.409. The third-order valence-corrected chi connectivity index (χ3v) is 6.34. The van der Waals surface area contributed by atoms with E-state index in [0.29, 0.717) is 37.3 Å². The molecule has 0 aromatic heterocycles. The van der Waals surface area contributed by atoms with Gasteiger partial charge in [-0.3, -0.25) is 4.79 Å². The molecule has 27 heavy (non-hydrogen) atoms. The number of sulfone groups is 1. The lowest BCUT2D eigenvalue weighted by atomic mass is 10.1. The predicted molar refractivity (Wildman–Crippen MR) is 101 cm³/mol. The number of amides is 1. The molecule has 2 aromatic carbocycles. The Balaban J connectivity index is 1.46. The SMILES string of the molecule is O=C(CCc1cccc(Oc2ccc(F)cc2)c1)NCC1CCS(=O)(=O)C1. The van der Waals surface area contributed by atoms with Crippen molar-refractivity contribution in [1.82, 2.24) is 5.32 Å². The van der Waals surface area contributed by atoms with Crippen molar-refractivity contribution in [3.63, 3.8) is 0 Å². The van der Waals surface area contributed by atoms with E-state index in [0.717, 1.165) is 5.56 Å². The summed E-state index contributed by atoms with van der Waals surface area (Å²) in [5.41, 5.74) is 0.952. The molecular weight excluding hydrogens is 369 g/mol. The maximum atomic E-state index is 12.9. The van der Waals surface area contributed by atoms with Gasteiger partial charge in [0.05, 0.1) is 11.5 Å².